The first kappa shape index (κ1) is 18.0. The molecule has 0 aliphatic carbocycles. The monoisotopic (exact) mass is 371 g/mol. The lowest BCUT2D eigenvalue weighted by Crippen LogP contribution is -2.35. The fourth-order valence-electron chi connectivity index (χ4n) is 4.03. The van der Waals surface area contributed by atoms with Crippen molar-refractivity contribution in [3.63, 3.8) is 0 Å². The van der Waals surface area contributed by atoms with Crippen LogP contribution in [0.1, 0.15) is 48.4 Å². The van der Waals surface area contributed by atoms with Gasteiger partial charge in [-0.15, -0.1) is 10.2 Å². The van der Waals surface area contributed by atoms with Crippen LogP contribution in [0.2, 0.25) is 0 Å². The summed E-state index contributed by atoms with van der Waals surface area (Å²) < 4.78 is 2.13. The van der Waals surface area contributed by atoms with Crippen LogP contribution in [0.15, 0.2) is 18.6 Å². The second-order valence-electron chi connectivity index (χ2n) is 7.45. The molecule has 2 aliphatic heterocycles. The van der Waals surface area contributed by atoms with Gasteiger partial charge >= 0.3 is 0 Å². The van der Waals surface area contributed by atoms with Gasteiger partial charge in [0.1, 0.15) is 11.5 Å². The van der Waals surface area contributed by atoms with E-state index >= 15 is 0 Å². The maximum absolute atomic E-state index is 12.7. The summed E-state index contributed by atoms with van der Waals surface area (Å²) in [6.07, 6.45) is 5.56. The summed E-state index contributed by atoms with van der Waals surface area (Å²) in [7, 11) is 0. The number of carbonyl (C=O) groups is 1. The van der Waals surface area contributed by atoms with Gasteiger partial charge in [0.2, 0.25) is 0 Å². The summed E-state index contributed by atoms with van der Waals surface area (Å²) in [5, 5.41) is 19.0. The van der Waals surface area contributed by atoms with Gasteiger partial charge in [0.25, 0.3) is 5.91 Å². The number of aromatic nitrogens is 5. The Kier molecular flexibility index (Phi) is 4.88. The van der Waals surface area contributed by atoms with Crippen LogP contribution in [0, 0.1) is 0 Å². The Hall–Kier alpha value is -2.39. The Morgan fingerprint density at radius 1 is 1.22 bits per heavy atom. The number of aliphatic hydroxyl groups excluding tert-OH is 1. The minimum absolute atomic E-state index is 0.0588. The van der Waals surface area contributed by atoms with E-state index in [9.17, 15) is 9.90 Å². The molecule has 2 aliphatic rings. The van der Waals surface area contributed by atoms with E-state index in [0.29, 0.717) is 50.8 Å². The van der Waals surface area contributed by atoms with Gasteiger partial charge in [-0.25, -0.2) is 4.98 Å². The predicted molar refractivity (Wildman–Crippen MR) is 96.9 cm³/mol. The molecule has 0 radical (unpaired) electrons. The average molecular weight is 371 g/mol. The summed E-state index contributed by atoms with van der Waals surface area (Å²) in [6, 6.07) is 0.379. The van der Waals surface area contributed by atoms with Crippen LogP contribution >= 0.6 is 0 Å². The Labute approximate surface area is 158 Å². The molecule has 0 bridgehead atoms. The van der Waals surface area contributed by atoms with Crippen LogP contribution in [0.4, 0.5) is 0 Å². The lowest BCUT2D eigenvalue weighted by atomic mass is 10.1. The molecule has 9 heteroatoms. The first-order chi connectivity index (χ1) is 13.0. The average Bonchev–Trinajstić information content (AvgIpc) is 3.19. The van der Waals surface area contributed by atoms with E-state index < -0.39 is 0 Å². The molecule has 2 atom stereocenters. The Morgan fingerprint density at radius 2 is 2.07 bits per heavy atom. The molecule has 1 fully saturated rings. The first-order valence-corrected chi connectivity index (χ1v) is 9.45. The van der Waals surface area contributed by atoms with Crippen molar-refractivity contribution in [1.82, 2.24) is 34.5 Å². The number of rotatable bonds is 3. The first-order valence-electron chi connectivity index (χ1n) is 9.45. The highest BCUT2D eigenvalue weighted by Gasteiger charge is 2.37. The molecule has 9 nitrogen and oxygen atoms in total. The maximum atomic E-state index is 12.7. The van der Waals surface area contributed by atoms with Crippen LogP contribution in [0.3, 0.4) is 0 Å². The molecule has 1 amide bonds. The summed E-state index contributed by atoms with van der Waals surface area (Å²) in [4.78, 5) is 24.9. The van der Waals surface area contributed by atoms with E-state index in [4.69, 9.17) is 0 Å². The number of amides is 1. The van der Waals surface area contributed by atoms with Crippen LogP contribution in [-0.2, 0) is 13.0 Å². The summed E-state index contributed by atoms with van der Waals surface area (Å²) in [6.45, 7) is 6.71. The number of carbonyl (C=O) groups excluding carboxylic acids is 1. The highest BCUT2D eigenvalue weighted by Crippen LogP contribution is 2.33. The molecule has 0 unspecified atom stereocenters. The van der Waals surface area contributed by atoms with Crippen molar-refractivity contribution in [1.29, 1.82) is 0 Å². The van der Waals surface area contributed by atoms with Gasteiger partial charge in [-0.3, -0.25) is 14.7 Å². The maximum Gasteiger partial charge on any atom is 0.274 e. The van der Waals surface area contributed by atoms with Crippen LogP contribution in [0.25, 0.3) is 0 Å². The molecule has 27 heavy (non-hydrogen) atoms. The van der Waals surface area contributed by atoms with Crippen molar-refractivity contribution in [2.24, 2.45) is 0 Å². The van der Waals surface area contributed by atoms with E-state index in [1.807, 2.05) is 0 Å². The summed E-state index contributed by atoms with van der Waals surface area (Å²) in [5.74, 6) is 1.68. The second kappa shape index (κ2) is 7.32. The van der Waals surface area contributed by atoms with E-state index in [1.165, 1.54) is 12.4 Å². The van der Waals surface area contributed by atoms with E-state index in [-0.39, 0.29) is 18.1 Å². The molecule has 2 aromatic heterocycles. The Balaban J connectivity index is 1.53. The molecule has 144 valence electrons. The van der Waals surface area contributed by atoms with Gasteiger partial charge in [0.15, 0.2) is 5.82 Å². The zero-order valence-corrected chi connectivity index (χ0v) is 15.7. The molecular weight excluding hydrogens is 346 g/mol. The normalized spacial score (nSPS) is 23.5. The van der Waals surface area contributed by atoms with Gasteiger partial charge in [-0.1, -0.05) is 0 Å². The van der Waals surface area contributed by atoms with Crippen molar-refractivity contribution in [2.45, 2.75) is 51.4 Å². The zero-order chi connectivity index (χ0) is 19.0. The predicted octanol–water partition coefficient (Wildman–Crippen LogP) is 0.283. The number of nitrogens with zero attached hydrogens (tertiary/aromatic N) is 7. The number of hydrogen-bond acceptors (Lipinski definition) is 7. The van der Waals surface area contributed by atoms with Crippen LogP contribution in [-0.4, -0.2) is 77.3 Å². The number of likely N-dealkylation sites (tertiary alicyclic amines) is 1. The van der Waals surface area contributed by atoms with E-state index in [1.54, 1.807) is 11.1 Å². The van der Waals surface area contributed by atoms with Gasteiger partial charge in [0.05, 0.1) is 18.3 Å². The SMILES string of the molecule is CC(C)N1C[C@H](O)C[C@H]1c1nnc2n1CCN(C(=O)c1cnccn1)CC2. The third-order valence-electron chi connectivity index (χ3n) is 5.40. The molecule has 4 rings (SSSR count). The van der Waals surface area contributed by atoms with Gasteiger partial charge in [0, 0.05) is 51.0 Å². The molecule has 1 N–H and O–H groups in total. The minimum Gasteiger partial charge on any atom is -0.392 e. The van der Waals surface area contributed by atoms with Crippen molar-refractivity contribution in [3.05, 3.63) is 35.9 Å². The zero-order valence-electron chi connectivity index (χ0n) is 15.7. The largest absolute Gasteiger partial charge is 0.392 e. The number of β-amino-alcohol motifs (C(OH)–C–C–N with tert-alkyl or cyclic N) is 1. The Bertz CT molecular complexity index is 807. The number of aliphatic hydroxyl groups is 1. The van der Waals surface area contributed by atoms with E-state index in [0.717, 1.165) is 11.6 Å². The van der Waals surface area contributed by atoms with Gasteiger partial charge in [-0.05, 0) is 20.3 Å². The highest BCUT2D eigenvalue weighted by atomic mass is 16.3. The van der Waals surface area contributed by atoms with Crippen molar-refractivity contribution < 1.29 is 9.90 Å². The fourth-order valence-corrected chi connectivity index (χ4v) is 4.03. The fraction of sp³-hybridized carbons (Fsp3) is 0.611. The summed E-state index contributed by atoms with van der Waals surface area (Å²) >= 11 is 0. The van der Waals surface area contributed by atoms with E-state index in [2.05, 4.69) is 43.5 Å². The van der Waals surface area contributed by atoms with Crippen LogP contribution < -0.4 is 0 Å². The van der Waals surface area contributed by atoms with Gasteiger partial charge in [-0.2, -0.15) is 0 Å². The minimum atomic E-state index is -0.342. The number of hydrogen-bond donors (Lipinski definition) is 1. The van der Waals surface area contributed by atoms with Crippen LogP contribution in [0.5, 0.6) is 0 Å². The third-order valence-corrected chi connectivity index (χ3v) is 5.40. The lowest BCUT2D eigenvalue weighted by molar-refractivity contribution is 0.0751. The molecule has 0 saturated carbocycles. The quantitative estimate of drug-likeness (QED) is 0.827. The molecule has 0 spiro atoms. The molecular formula is C18H25N7O2. The molecule has 4 heterocycles. The topological polar surface area (TPSA) is 100 Å². The van der Waals surface area contributed by atoms with Crippen molar-refractivity contribution >= 4 is 5.91 Å². The molecule has 0 aromatic carbocycles. The highest BCUT2D eigenvalue weighted by molar-refractivity contribution is 5.91. The number of fused-ring (bicyclic) bond motifs is 1. The van der Waals surface area contributed by atoms with Crippen molar-refractivity contribution in [2.75, 3.05) is 19.6 Å². The van der Waals surface area contributed by atoms with Gasteiger partial charge < -0.3 is 14.6 Å². The third kappa shape index (κ3) is 3.44. The van der Waals surface area contributed by atoms with Crippen molar-refractivity contribution in [3.8, 4) is 0 Å². The lowest BCUT2D eigenvalue weighted by Gasteiger charge is -2.27. The Morgan fingerprint density at radius 3 is 2.81 bits per heavy atom. The second-order valence-corrected chi connectivity index (χ2v) is 7.45. The smallest absolute Gasteiger partial charge is 0.274 e. The molecule has 1 saturated heterocycles. The summed E-state index contributed by atoms with van der Waals surface area (Å²) in [5.41, 5.74) is 0.361. The molecule has 2 aromatic rings. The standard InChI is InChI=1S/C18H25N7O2/c1-12(2)25-11-13(26)9-15(25)17-22-21-16-3-6-23(7-8-24(16)17)18(27)14-10-19-4-5-20-14/h4-5,10,12-13,15,26H,3,6-9,11H2,1-2H3/t13-,15+/m1/s1.